The minimum Gasteiger partial charge on any atom is -0.324 e. The van der Waals surface area contributed by atoms with Crippen LogP contribution in [-0.4, -0.2) is 9.55 Å². The highest BCUT2D eigenvalue weighted by Gasteiger charge is 2.08. The van der Waals surface area contributed by atoms with Gasteiger partial charge in [0.1, 0.15) is 5.82 Å². The van der Waals surface area contributed by atoms with Crippen LogP contribution in [-0.2, 0) is 13.6 Å². The first kappa shape index (κ1) is 10.3. The van der Waals surface area contributed by atoms with Crippen LogP contribution >= 0.6 is 15.9 Å². The molecule has 0 amide bonds. The van der Waals surface area contributed by atoms with E-state index in [4.69, 9.17) is 5.73 Å². The number of nitrogens with zero attached hydrogens (tertiary/aromatic N) is 2. The Kier molecular flexibility index (Phi) is 2.58. The number of rotatable bonds is 1. The lowest BCUT2D eigenvalue weighted by Gasteiger charge is -2.07. The van der Waals surface area contributed by atoms with E-state index in [1.165, 1.54) is 4.57 Å². The molecule has 0 aliphatic heterocycles. The van der Waals surface area contributed by atoms with Crippen LogP contribution in [0, 0.1) is 0 Å². The summed E-state index contributed by atoms with van der Waals surface area (Å²) in [5, 5.41) is 0.601. The second-order valence-electron chi connectivity index (χ2n) is 3.23. The Labute approximate surface area is 94.9 Å². The molecular formula is C10H10BrN3O. The van der Waals surface area contributed by atoms with E-state index < -0.39 is 0 Å². The number of aromatic nitrogens is 2. The second kappa shape index (κ2) is 3.75. The van der Waals surface area contributed by atoms with Gasteiger partial charge in [0, 0.05) is 11.5 Å². The van der Waals surface area contributed by atoms with Crippen molar-refractivity contribution in [2.75, 3.05) is 0 Å². The molecule has 0 atom stereocenters. The Morgan fingerprint density at radius 3 is 2.93 bits per heavy atom. The molecule has 5 heteroatoms. The van der Waals surface area contributed by atoms with Gasteiger partial charge in [-0.15, -0.1) is 0 Å². The minimum atomic E-state index is -0.0678. The molecule has 1 aromatic heterocycles. The summed E-state index contributed by atoms with van der Waals surface area (Å²) in [6.45, 7) is 0.253. The monoisotopic (exact) mass is 267 g/mol. The summed E-state index contributed by atoms with van der Waals surface area (Å²) in [7, 11) is 1.68. The molecule has 0 aliphatic carbocycles. The first-order valence-corrected chi connectivity index (χ1v) is 5.28. The number of para-hydroxylation sites is 1. The molecule has 78 valence electrons. The zero-order valence-electron chi connectivity index (χ0n) is 8.20. The second-order valence-corrected chi connectivity index (χ2v) is 4.09. The van der Waals surface area contributed by atoms with Crippen molar-refractivity contribution in [1.82, 2.24) is 9.55 Å². The molecule has 1 heterocycles. The number of halogens is 1. The Morgan fingerprint density at radius 1 is 1.53 bits per heavy atom. The number of fused-ring (bicyclic) bond motifs is 1. The van der Waals surface area contributed by atoms with Crippen LogP contribution in [0.1, 0.15) is 5.82 Å². The Hall–Kier alpha value is -1.20. The van der Waals surface area contributed by atoms with Crippen molar-refractivity contribution in [2.24, 2.45) is 12.8 Å². The van der Waals surface area contributed by atoms with E-state index in [1.807, 2.05) is 12.1 Å². The van der Waals surface area contributed by atoms with E-state index in [2.05, 4.69) is 20.9 Å². The van der Waals surface area contributed by atoms with Gasteiger partial charge in [-0.1, -0.05) is 6.07 Å². The van der Waals surface area contributed by atoms with Crippen molar-refractivity contribution in [1.29, 1.82) is 0 Å². The lowest BCUT2D eigenvalue weighted by molar-refractivity contribution is 0.741. The van der Waals surface area contributed by atoms with E-state index in [1.54, 1.807) is 13.1 Å². The van der Waals surface area contributed by atoms with E-state index in [0.717, 1.165) is 4.47 Å². The zero-order chi connectivity index (χ0) is 11.0. The SMILES string of the molecule is Cn1c(CN)nc2c(Br)cccc2c1=O. The average Bonchev–Trinajstić information content (AvgIpc) is 2.24. The topological polar surface area (TPSA) is 60.9 Å². The molecule has 0 radical (unpaired) electrons. The molecule has 0 saturated carbocycles. The van der Waals surface area contributed by atoms with Crippen LogP contribution in [0.2, 0.25) is 0 Å². The van der Waals surface area contributed by atoms with E-state index in [0.29, 0.717) is 16.7 Å². The van der Waals surface area contributed by atoms with Gasteiger partial charge >= 0.3 is 0 Å². The van der Waals surface area contributed by atoms with Gasteiger partial charge < -0.3 is 5.73 Å². The minimum absolute atomic E-state index is 0.0678. The van der Waals surface area contributed by atoms with Crippen molar-refractivity contribution in [3.63, 3.8) is 0 Å². The summed E-state index contributed by atoms with van der Waals surface area (Å²) in [4.78, 5) is 16.3. The molecular weight excluding hydrogens is 258 g/mol. The van der Waals surface area contributed by atoms with E-state index in [9.17, 15) is 4.79 Å². The highest BCUT2D eigenvalue weighted by molar-refractivity contribution is 9.10. The van der Waals surface area contributed by atoms with Gasteiger partial charge in [0.05, 0.1) is 17.4 Å². The fraction of sp³-hybridized carbons (Fsp3) is 0.200. The van der Waals surface area contributed by atoms with Gasteiger partial charge in [0.2, 0.25) is 0 Å². The summed E-state index contributed by atoms with van der Waals surface area (Å²) < 4.78 is 2.29. The zero-order valence-corrected chi connectivity index (χ0v) is 9.78. The van der Waals surface area contributed by atoms with Crippen LogP contribution < -0.4 is 11.3 Å². The van der Waals surface area contributed by atoms with Gasteiger partial charge in [0.25, 0.3) is 5.56 Å². The molecule has 0 spiro atoms. The maximum Gasteiger partial charge on any atom is 0.261 e. The third-order valence-electron chi connectivity index (χ3n) is 2.33. The maximum absolute atomic E-state index is 11.9. The Morgan fingerprint density at radius 2 is 2.27 bits per heavy atom. The predicted octanol–water partition coefficient (Wildman–Crippen LogP) is 1.15. The highest BCUT2D eigenvalue weighted by Crippen LogP contribution is 2.19. The molecule has 2 N–H and O–H groups in total. The number of hydrogen-bond donors (Lipinski definition) is 1. The normalized spacial score (nSPS) is 10.9. The van der Waals surface area contributed by atoms with Crippen LogP contribution in [0.5, 0.6) is 0 Å². The molecule has 0 unspecified atom stereocenters. The maximum atomic E-state index is 11.9. The highest BCUT2D eigenvalue weighted by atomic mass is 79.9. The quantitative estimate of drug-likeness (QED) is 0.844. The summed E-state index contributed by atoms with van der Waals surface area (Å²) in [5.74, 6) is 0.583. The predicted molar refractivity (Wildman–Crippen MR) is 62.6 cm³/mol. The molecule has 4 nitrogen and oxygen atoms in total. The van der Waals surface area contributed by atoms with Gasteiger partial charge in [-0.3, -0.25) is 9.36 Å². The fourth-order valence-corrected chi connectivity index (χ4v) is 1.94. The first-order valence-electron chi connectivity index (χ1n) is 4.49. The third kappa shape index (κ3) is 1.57. The third-order valence-corrected chi connectivity index (χ3v) is 2.97. The van der Waals surface area contributed by atoms with E-state index >= 15 is 0 Å². The van der Waals surface area contributed by atoms with Crippen LogP contribution in [0.25, 0.3) is 10.9 Å². The smallest absolute Gasteiger partial charge is 0.261 e. The van der Waals surface area contributed by atoms with Crippen molar-refractivity contribution in [2.45, 2.75) is 6.54 Å². The fourth-order valence-electron chi connectivity index (χ4n) is 1.49. The molecule has 2 rings (SSSR count). The average molecular weight is 268 g/mol. The molecule has 0 bridgehead atoms. The summed E-state index contributed by atoms with van der Waals surface area (Å²) in [5.41, 5.74) is 6.12. The van der Waals surface area contributed by atoms with Crippen LogP contribution in [0.3, 0.4) is 0 Å². The summed E-state index contributed by atoms with van der Waals surface area (Å²) in [6.07, 6.45) is 0. The molecule has 0 fully saturated rings. The molecule has 15 heavy (non-hydrogen) atoms. The molecule has 1 aromatic carbocycles. The van der Waals surface area contributed by atoms with E-state index in [-0.39, 0.29) is 12.1 Å². The standard InChI is InChI=1S/C10H10BrN3O/c1-14-8(5-12)13-9-6(10(14)15)3-2-4-7(9)11/h2-4H,5,12H2,1H3. The first-order chi connectivity index (χ1) is 7.15. The summed E-state index contributed by atoms with van der Waals surface area (Å²) in [6, 6.07) is 5.43. The largest absolute Gasteiger partial charge is 0.324 e. The Bertz CT molecular complexity index is 577. The van der Waals surface area contributed by atoms with Gasteiger partial charge in [-0.05, 0) is 28.1 Å². The lowest BCUT2D eigenvalue weighted by Crippen LogP contribution is -2.24. The van der Waals surface area contributed by atoms with Crippen molar-refractivity contribution in [3.8, 4) is 0 Å². The van der Waals surface area contributed by atoms with Crippen molar-refractivity contribution >= 4 is 26.8 Å². The van der Waals surface area contributed by atoms with Crippen molar-refractivity contribution in [3.05, 3.63) is 38.9 Å². The number of nitrogens with two attached hydrogens (primary N) is 1. The molecule has 0 aliphatic rings. The van der Waals surface area contributed by atoms with Gasteiger partial charge in [0.15, 0.2) is 0 Å². The molecule has 0 saturated heterocycles. The van der Waals surface area contributed by atoms with Crippen LogP contribution in [0.15, 0.2) is 27.5 Å². The summed E-state index contributed by atoms with van der Waals surface area (Å²) >= 11 is 3.37. The lowest BCUT2D eigenvalue weighted by atomic mass is 10.2. The van der Waals surface area contributed by atoms with Crippen LogP contribution in [0.4, 0.5) is 0 Å². The van der Waals surface area contributed by atoms with Gasteiger partial charge in [-0.25, -0.2) is 4.98 Å². The van der Waals surface area contributed by atoms with Crippen molar-refractivity contribution < 1.29 is 0 Å². The Balaban J connectivity index is 2.98. The number of hydrogen-bond acceptors (Lipinski definition) is 3. The number of benzene rings is 1. The van der Waals surface area contributed by atoms with Gasteiger partial charge in [-0.2, -0.15) is 0 Å². The molecule has 2 aromatic rings.